The van der Waals surface area contributed by atoms with Gasteiger partial charge in [0.1, 0.15) is 0 Å². The molecule has 1 radical (unpaired) electrons. The molecule has 129 valence electrons. The predicted molar refractivity (Wildman–Crippen MR) is 98.6 cm³/mol. The van der Waals surface area contributed by atoms with Gasteiger partial charge in [-0.3, -0.25) is 14.9 Å². The SMILES string of the molecule is Nc1cc(C(=O)NC(=O)C2CCCCC2)cc(-c2cc[c]cc2N)c1. The van der Waals surface area contributed by atoms with Gasteiger partial charge in [-0.25, -0.2) is 0 Å². The second-order valence-electron chi connectivity index (χ2n) is 6.51. The van der Waals surface area contributed by atoms with Crippen molar-refractivity contribution in [1.82, 2.24) is 5.32 Å². The predicted octanol–water partition coefficient (Wildman–Crippen LogP) is 3.15. The van der Waals surface area contributed by atoms with Gasteiger partial charge in [-0.2, -0.15) is 0 Å². The monoisotopic (exact) mass is 336 g/mol. The molecule has 1 fully saturated rings. The van der Waals surface area contributed by atoms with Crippen molar-refractivity contribution in [3.8, 4) is 11.1 Å². The van der Waals surface area contributed by atoms with Crippen LogP contribution in [0, 0.1) is 12.0 Å². The molecule has 5 N–H and O–H groups in total. The van der Waals surface area contributed by atoms with E-state index < -0.39 is 5.91 Å². The molecule has 0 saturated heterocycles. The van der Waals surface area contributed by atoms with Gasteiger partial charge in [0, 0.05) is 28.4 Å². The normalized spacial score (nSPS) is 14.9. The third kappa shape index (κ3) is 3.99. The van der Waals surface area contributed by atoms with Crippen LogP contribution in [-0.4, -0.2) is 11.8 Å². The molecule has 0 spiro atoms. The lowest BCUT2D eigenvalue weighted by Gasteiger charge is -2.20. The van der Waals surface area contributed by atoms with Crippen LogP contribution >= 0.6 is 0 Å². The molecule has 0 bridgehead atoms. The Morgan fingerprint density at radius 1 is 1.08 bits per heavy atom. The molecule has 2 amide bonds. The van der Waals surface area contributed by atoms with Gasteiger partial charge in [-0.15, -0.1) is 0 Å². The Kier molecular flexibility index (Phi) is 5.03. The molecule has 5 nitrogen and oxygen atoms in total. The first kappa shape index (κ1) is 17.0. The van der Waals surface area contributed by atoms with Gasteiger partial charge in [0.15, 0.2) is 0 Å². The molecule has 1 aliphatic rings. The van der Waals surface area contributed by atoms with E-state index in [-0.39, 0.29) is 11.8 Å². The van der Waals surface area contributed by atoms with Gasteiger partial charge in [0.25, 0.3) is 5.91 Å². The number of nitrogen functional groups attached to an aromatic ring is 2. The molecule has 1 aliphatic carbocycles. The van der Waals surface area contributed by atoms with Crippen molar-refractivity contribution in [3.63, 3.8) is 0 Å². The van der Waals surface area contributed by atoms with Gasteiger partial charge < -0.3 is 11.5 Å². The molecule has 0 unspecified atom stereocenters. The van der Waals surface area contributed by atoms with Crippen LogP contribution < -0.4 is 16.8 Å². The van der Waals surface area contributed by atoms with Crippen LogP contribution in [0.5, 0.6) is 0 Å². The average molecular weight is 336 g/mol. The molecule has 1 saturated carbocycles. The fourth-order valence-electron chi connectivity index (χ4n) is 3.30. The average Bonchev–Trinajstić information content (AvgIpc) is 2.62. The highest BCUT2D eigenvalue weighted by atomic mass is 16.2. The van der Waals surface area contributed by atoms with E-state index in [1.807, 2.05) is 6.07 Å². The van der Waals surface area contributed by atoms with Crippen LogP contribution in [-0.2, 0) is 4.79 Å². The van der Waals surface area contributed by atoms with Crippen molar-refractivity contribution in [3.05, 3.63) is 48.0 Å². The Morgan fingerprint density at radius 2 is 1.84 bits per heavy atom. The number of amides is 2. The van der Waals surface area contributed by atoms with E-state index in [0.717, 1.165) is 43.2 Å². The third-order valence-electron chi connectivity index (χ3n) is 4.64. The number of rotatable bonds is 3. The summed E-state index contributed by atoms with van der Waals surface area (Å²) in [5, 5.41) is 2.52. The largest absolute Gasteiger partial charge is 0.399 e. The quantitative estimate of drug-likeness (QED) is 0.592. The highest BCUT2D eigenvalue weighted by Crippen LogP contribution is 2.28. The summed E-state index contributed by atoms with van der Waals surface area (Å²) in [5.41, 5.74) is 14.8. The molecular weight excluding hydrogens is 314 g/mol. The van der Waals surface area contributed by atoms with Gasteiger partial charge in [0.2, 0.25) is 5.91 Å². The summed E-state index contributed by atoms with van der Waals surface area (Å²) < 4.78 is 0. The number of hydrogen-bond acceptors (Lipinski definition) is 4. The first-order valence-corrected chi connectivity index (χ1v) is 8.56. The zero-order chi connectivity index (χ0) is 17.8. The molecule has 3 rings (SSSR count). The number of carbonyl (C=O) groups excluding carboxylic acids is 2. The summed E-state index contributed by atoms with van der Waals surface area (Å²) in [7, 11) is 0. The van der Waals surface area contributed by atoms with Crippen molar-refractivity contribution in [2.75, 3.05) is 11.5 Å². The van der Waals surface area contributed by atoms with Gasteiger partial charge in [0.05, 0.1) is 0 Å². The van der Waals surface area contributed by atoms with E-state index in [2.05, 4.69) is 11.4 Å². The minimum Gasteiger partial charge on any atom is -0.399 e. The fraction of sp³-hybridized carbons (Fsp3) is 0.300. The van der Waals surface area contributed by atoms with Gasteiger partial charge in [-0.05, 0) is 48.7 Å². The summed E-state index contributed by atoms with van der Waals surface area (Å²) in [5.74, 6) is -0.689. The third-order valence-corrected chi connectivity index (χ3v) is 4.64. The van der Waals surface area contributed by atoms with Gasteiger partial charge >= 0.3 is 0 Å². The zero-order valence-electron chi connectivity index (χ0n) is 14.0. The summed E-state index contributed by atoms with van der Waals surface area (Å²) in [6.45, 7) is 0. The summed E-state index contributed by atoms with van der Waals surface area (Å²) in [6, 6.07) is 13.2. The fourth-order valence-corrected chi connectivity index (χ4v) is 3.30. The van der Waals surface area contributed by atoms with E-state index >= 15 is 0 Å². The summed E-state index contributed by atoms with van der Waals surface area (Å²) >= 11 is 0. The molecule has 0 aromatic heterocycles. The Labute approximate surface area is 147 Å². The maximum absolute atomic E-state index is 12.5. The summed E-state index contributed by atoms with van der Waals surface area (Å²) in [6.07, 6.45) is 4.93. The lowest BCUT2D eigenvalue weighted by Crippen LogP contribution is -2.36. The van der Waals surface area contributed by atoms with Crippen molar-refractivity contribution in [2.24, 2.45) is 5.92 Å². The minimum atomic E-state index is -0.426. The van der Waals surface area contributed by atoms with Crippen molar-refractivity contribution in [1.29, 1.82) is 0 Å². The molecule has 5 heteroatoms. The van der Waals surface area contributed by atoms with Crippen LogP contribution in [0.25, 0.3) is 11.1 Å². The molecule has 0 aliphatic heterocycles. The molecule has 2 aromatic carbocycles. The highest BCUT2D eigenvalue weighted by Gasteiger charge is 2.23. The van der Waals surface area contributed by atoms with E-state index in [4.69, 9.17) is 11.5 Å². The summed E-state index contributed by atoms with van der Waals surface area (Å²) in [4.78, 5) is 24.8. The number of imide groups is 1. The Morgan fingerprint density at radius 3 is 2.56 bits per heavy atom. The van der Waals surface area contributed by atoms with Crippen molar-refractivity contribution >= 4 is 23.2 Å². The molecule has 25 heavy (non-hydrogen) atoms. The lowest BCUT2D eigenvalue weighted by molar-refractivity contribution is -0.124. The van der Waals surface area contributed by atoms with Crippen LogP contribution in [0.15, 0.2) is 36.4 Å². The van der Waals surface area contributed by atoms with E-state index in [1.54, 1.807) is 30.3 Å². The number of carbonyl (C=O) groups is 2. The second kappa shape index (κ2) is 7.38. The van der Waals surface area contributed by atoms with Crippen LogP contribution in [0.1, 0.15) is 42.5 Å². The van der Waals surface area contributed by atoms with E-state index in [0.29, 0.717) is 16.9 Å². The maximum atomic E-state index is 12.5. The minimum absolute atomic E-state index is 0.0708. The number of benzene rings is 2. The Bertz CT molecular complexity index is 795. The van der Waals surface area contributed by atoms with E-state index in [9.17, 15) is 9.59 Å². The molecule has 0 heterocycles. The Hall–Kier alpha value is -2.82. The lowest BCUT2D eigenvalue weighted by atomic mass is 9.88. The van der Waals surface area contributed by atoms with Crippen molar-refractivity contribution < 1.29 is 9.59 Å². The highest BCUT2D eigenvalue weighted by molar-refractivity contribution is 6.06. The van der Waals surface area contributed by atoms with Crippen LogP contribution in [0.3, 0.4) is 0 Å². The number of nitrogens with two attached hydrogens (primary N) is 2. The topological polar surface area (TPSA) is 98.2 Å². The molecule has 0 atom stereocenters. The first-order valence-electron chi connectivity index (χ1n) is 8.56. The number of nitrogens with one attached hydrogen (secondary N) is 1. The smallest absolute Gasteiger partial charge is 0.257 e. The standard InChI is InChI=1S/C20H22N3O2/c21-16-11-14(17-8-4-5-9-18(17)22)10-15(12-16)20(25)23-19(24)13-6-2-1-3-7-13/h4,8-13H,1-3,6-7,21-22H2,(H,23,24,25). The second-order valence-corrected chi connectivity index (χ2v) is 6.51. The maximum Gasteiger partial charge on any atom is 0.257 e. The zero-order valence-corrected chi connectivity index (χ0v) is 14.0. The van der Waals surface area contributed by atoms with Crippen LogP contribution in [0.4, 0.5) is 11.4 Å². The van der Waals surface area contributed by atoms with Crippen LogP contribution in [0.2, 0.25) is 0 Å². The van der Waals surface area contributed by atoms with E-state index in [1.165, 1.54) is 0 Å². The number of hydrogen-bond donors (Lipinski definition) is 3. The Balaban J connectivity index is 1.81. The molecular formula is C20H22N3O2. The number of anilines is 2. The molecule has 2 aromatic rings. The van der Waals surface area contributed by atoms with Gasteiger partial charge in [-0.1, -0.05) is 31.4 Å². The van der Waals surface area contributed by atoms with Crippen molar-refractivity contribution in [2.45, 2.75) is 32.1 Å². The first-order chi connectivity index (χ1) is 12.0.